The molecule has 2 heterocycles. The van der Waals surface area contributed by atoms with Gasteiger partial charge in [-0.25, -0.2) is 4.39 Å². The summed E-state index contributed by atoms with van der Waals surface area (Å²) in [4.78, 5) is 28.4. The molecule has 0 saturated heterocycles. The maximum absolute atomic E-state index is 13.6. The molecule has 148 valence electrons. The molecule has 0 saturated carbocycles. The lowest BCUT2D eigenvalue weighted by Crippen LogP contribution is -2.29. The van der Waals surface area contributed by atoms with E-state index < -0.39 is 17.8 Å². The zero-order valence-electron chi connectivity index (χ0n) is 15.9. The molecule has 0 fully saturated rings. The first-order valence-electron chi connectivity index (χ1n) is 9.36. The molecule has 0 bridgehead atoms. The molecule has 1 atom stereocenters. The minimum absolute atomic E-state index is 0.00865. The highest BCUT2D eigenvalue weighted by Gasteiger charge is 2.43. The first kappa shape index (κ1) is 18.6. The number of hydrogen-bond acceptors (Lipinski definition) is 3. The van der Waals surface area contributed by atoms with Gasteiger partial charge in [0.25, 0.3) is 5.91 Å². The number of carbonyl (C=O) groups excluding carboxylic acids is 1. The van der Waals surface area contributed by atoms with Gasteiger partial charge >= 0.3 is 0 Å². The molecule has 6 heteroatoms. The summed E-state index contributed by atoms with van der Waals surface area (Å²) in [5.74, 6) is -0.827. The van der Waals surface area contributed by atoms with Gasteiger partial charge in [-0.1, -0.05) is 35.9 Å². The van der Waals surface area contributed by atoms with Crippen molar-refractivity contribution in [1.29, 1.82) is 0 Å². The molecular formula is C24H15ClFNO3. The number of carbonyl (C=O) groups is 1. The second-order valence-corrected chi connectivity index (χ2v) is 7.72. The van der Waals surface area contributed by atoms with Crippen LogP contribution in [0.3, 0.4) is 0 Å². The van der Waals surface area contributed by atoms with Crippen molar-refractivity contribution >= 4 is 34.2 Å². The Morgan fingerprint density at radius 2 is 1.77 bits per heavy atom. The largest absolute Gasteiger partial charge is 0.450 e. The Morgan fingerprint density at radius 1 is 1.00 bits per heavy atom. The van der Waals surface area contributed by atoms with Crippen LogP contribution < -0.4 is 10.3 Å². The Kier molecular flexibility index (Phi) is 4.22. The molecule has 5 rings (SSSR count). The first-order chi connectivity index (χ1) is 14.4. The summed E-state index contributed by atoms with van der Waals surface area (Å²) in [7, 11) is 0. The van der Waals surface area contributed by atoms with Crippen LogP contribution in [0.15, 0.2) is 75.9 Å². The molecule has 4 nitrogen and oxygen atoms in total. The molecule has 1 unspecified atom stereocenters. The van der Waals surface area contributed by atoms with Gasteiger partial charge in [0.15, 0.2) is 5.43 Å². The fourth-order valence-corrected chi connectivity index (χ4v) is 4.12. The number of amides is 1. The van der Waals surface area contributed by atoms with Crippen LogP contribution in [0.1, 0.15) is 33.3 Å². The van der Waals surface area contributed by atoms with E-state index in [9.17, 15) is 14.0 Å². The van der Waals surface area contributed by atoms with Gasteiger partial charge in [-0.2, -0.15) is 0 Å². The molecule has 3 aromatic carbocycles. The van der Waals surface area contributed by atoms with E-state index in [1.807, 2.05) is 25.1 Å². The van der Waals surface area contributed by atoms with Crippen molar-refractivity contribution in [3.63, 3.8) is 0 Å². The lowest BCUT2D eigenvalue weighted by molar-refractivity contribution is 0.0971. The third kappa shape index (κ3) is 2.82. The second kappa shape index (κ2) is 6.82. The van der Waals surface area contributed by atoms with E-state index in [0.29, 0.717) is 27.2 Å². The number of benzene rings is 3. The molecule has 30 heavy (non-hydrogen) atoms. The summed E-state index contributed by atoms with van der Waals surface area (Å²) in [5.41, 5.74) is 2.39. The quantitative estimate of drug-likeness (QED) is 0.422. The first-order valence-corrected chi connectivity index (χ1v) is 9.74. The predicted molar refractivity (Wildman–Crippen MR) is 114 cm³/mol. The number of rotatable bonds is 2. The maximum atomic E-state index is 13.6. The summed E-state index contributed by atoms with van der Waals surface area (Å²) < 4.78 is 19.5. The van der Waals surface area contributed by atoms with E-state index >= 15 is 0 Å². The Labute approximate surface area is 176 Å². The highest BCUT2D eigenvalue weighted by atomic mass is 35.5. The van der Waals surface area contributed by atoms with Crippen LogP contribution in [0.4, 0.5) is 10.1 Å². The molecular weight excluding hydrogens is 405 g/mol. The third-order valence-corrected chi connectivity index (χ3v) is 5.53. The Hall–Kier alpha value is -3.44. The Morgan fingerprint density at radius 3 is 2.50 bits per heavy atom. The van der Waals surface area contributed by atoms with Gasteiger partial charge in [0.1, 0.15) is 11.4 Å². The summed E-state index contributed by atoms with van der Waals surface area (Å²) in [5, 5.41) is 0.695. The van der Waals surface area contributed by atoms with Gasteiger partial charge in [-0.15, -0.1) is 0 Å². The van der Waals surface area contributed by atoms with Gasteiger partial charge < -0.3 is 4.42 Å². The number of fused-ring (bicyclic) bond motifs is 2. The minimum Gasteiger partial charge on any atom is -0.450 e. The van der Waals surface area contributed by atoms with Gasteiger partial charge in [0.05, 0.1) is 17.0 Å². The maximum Gasteiger partial charge on any atom is 0.295 e. The van der Waals surface area contributed by atoms with E-state index in [1.54, 1.807) is 30.3 Å². The predicted octanol–water partition coefficient (Wildman–Crippen LogP) is 5.64. The van der Waals surface area contributed by atoms with Crippen molar-refractivity contribution in [3.05, 3.63) is 110 Å². The van der Waals surface area contributed by atoms with Gasteiger partial charge in [0, 0.05) is 10.7 Å². The zero-order valence-corrected chi connectivity index (χ0v) is 16.6. The molecule has 4 aromatic rings. The van der Waals surface area contributed by atoms with E-state index in [0.717, 1.165) is 5.56 Å². The van der Waals surface area contributed by atoms with Crippen molar-refractivity contribution in [2.45, 2.75) is 13.0 Å². The molecule has 0 aliphatic carbocycles. The topological polar surface area (TPSA) is 50.5 Å². The number of aryl methyl sites for hydroxylation is 1. The number of anilines is 1. The summed E-state index contributed by atoms with van der Waals surface area (Å²) in [6, 6.07) is 17.2. The van der Waals surface area contributed by atoms with Crippen molar-refractivity contribution in [2.24, 2.45) is 0 Å². The lowest BCUT2D eigenvalue weighted by Gasteiger charge is -2.25. The molecule has 0 N–H and O–H groups in total. The summed E-state index contributed by atoms with van der Waals surface area (Å²) >= 11 is 6.08. The molecule has 1 aliphatic rings. The fraction of sp³-hybridized carbons (Fsp3) is 0.0833. The average Bonchev–Trinajstić information content (AvgIpc) is 3.02. The zero-order chi connectivity index (χ0) is 21.0. The Bertz CT molecular complexity index is 1380. The second-order valence-electron chi connectivity index (χ2n) is 7.28. The summed E-state index contributed by atoms with van der Waals surface area (Å²) in [6.07, 6.45) is 0. The standard InChI is InChI=1S/C24H15ClFNO3/c1-13-3-2-4-17(11-13)27-21(14-5-8-16(26)9-6-14)20-22(28)18-12-15(25)7-10-19(18)30-23(20)24(27)29/h2-12,21H,1H3. The van der Waals surface area contributed by atoms with Gasteiger partial charge in [-0.3, -0.25) is 14.5 Å². The van der Waals surface area contributed by atoms with Crippen molar-refractivity contribution in [3.8, 4) is 0 Å². The van der Waals surface area contributed by atoms with E-state index in [-0.39, 0.29) is 16.8 Å². The molecule has 0 radical (unpaired) electrons. The average molecular weight is 420 g/mol. The fourth-order valence-electron chi connectivity index (χ4n) is 3.95. The van der Waals surface area contributed by atoms with Crippen LogP contribution in [0, 0.1) is 12.7 Å². The number of halogens is 2. The van der Waals surface area contributed by atoms with Crippen LogP contribution in [-0.2, 0) is 0 Å². The smallest absolute Gasteiger partial charge is 0.295 e. The molecule has 1 aliphatic heterocycles. The van der Waals surface area contributed by atoms with Crippen LogP contribution in [-0.4, -0.2) is 5.91 Å². The van der Waals surface area contributed by atoms with Gasteiger partial charge in [-0.05, 0) is 60.5 Å². The molecule has 1 aromatic heterocycles. The van der Waals surface area contributed by atoms with E-state index in [1.165, 1.54) is 23.1 Å². The van der Waals surface area contributed by atoms with Crippen molar-refractivity contribution < 1.29 is 13.6 Å². The summed E-state index contributed by atoms with van der Waals surface area (Å²) in [6.45, 7) is 1.92. The van der Waals surface area contributed by atoms with Crippen molar-refractivity contribution in [2.75, 3.05) is 4.90 Å². The van der Waals surface area contributed by atoms with Gasteiger partial charge in [0.2, 0.25) is 5.76 Å². The van der Waals surface area contributed by atoms with Crippen LogP contribution in [0.5, 0.6) is 0 Å². The van der Waals surface area contributed by atoms with E-state index in [2.05, 4.69) is 0 Å². The monoisotopic (exact) mass is 419 g/mol. The molecule has 0 spiro atoms. The lowest BCUT2D eigenvalue weighted by atomic mass is 9.98. The minimum atomic E-state index is -0.741. The van der Waals surface area contributed by atoms with Crippen LogP contribution in [0.2, 0.25) is 5.02 Å². The van der Waals surface area contributed by atoms with Crippen LogP contribution >= 0.6 is 11.6 Å². The van der Waals surface area contributed by atoms with Crippen LogP contribution in [0.25, 0.3) is 11.0 Å². The number of nitrogens with zero attached hydrogens (tertiary/aromatic N) is 1. The third-order valence-electron chi connectivity index (χ3n) is 5.30. The highest BCUT2D eigenvalue weighted by molar-refractivity contribution is 6.31. The van der Waals surface area contributed by atoms with Crippen molar-refractivity contribution in [1.82, 2.24) is 0 Å². The normalized spacial score (nSPS) is 15.6. The highest BCUT2D eigenvalue weighted by Crippen LogP contribution is 2.41. The van der Waals surface area contributed by atoms with E-state index in [4.69, 9.17) is 16.0 Å². The Balaban J connectivity index is 1.83. The molecule has 1 amide bonds. The number of hydrogen-bond donors (Lipinski definition) is 0. The SMILES string of the molecule is Cc1cccc(N2C(=O)c3oc4ccc(Cl)cc4c(=O)c3C2c2ccc(F)cc2)c1.